The fourth-order valence-corrected chi connectivity index (χ4v) is 3.81. The van der Waals surface area contributed by atoms with Gasteiger partial charge in [0.2, 0.25) is 0 Å². The molecule has 0 bridgehead atoms. The van der Waals surface area contributed by atoms with Crippen molar-refractivity contribution in [2.45, 2.75) is 37.8 Å². The lowest BCUT2D eigenvalue weighted by atomic mass is 9.94. The highest BCUT2D eigenvalue weighted by atomic mass is 16.5. The molecule has 1 aliphatic carbocycles. The molecular weight excluding hydrogens is 278 g/mol. The molecule has 1 aromatic rings. The second-order valence-electron chi connectivity index (χ2n) is 6.44. The van der Waals surface area contributed by atoms with Gasteiger partial charge < -0.3 is 14.6 Å². The molecule has 3 atom stereocenters. The van der Waals surface area contributed by atoms with Crippen molar-refractivity contribution in [2.24, 2.45) is 5.92 Å². The van der Waals surface area contributed by atoms with Crippen molar-refractivity contribution in [2.75, 3.05) is 33.4 Å². The number of rotatable bonds is 5. The minimum atomic E-state index is -0.143. The standard InChI is InChI=1S/C18H27NO3/c1-21-15-7-5-14(6-8-15)9-10-19-11-12-22-13-17(19)16-3-2-4-18(16)20/h5-8,16-18,20H,2-4,9-13H2,1H3/t16-,17-,18+/m1/s1. The largest absolute Gasteiger partial charge is 0.497 e. The summed E-state index contributed by atoms with van der Waals surface area (Å²) in [6.45, 7) is 3.58. The van der Waals surface area contributed by atoms with Crippen molar-refractivity contribution in [1.82, 2.24) is 4.90 Å². The van der Waals surface area contributed by atoms with Gasteiger partial charge in [-0.1, -0.05) is 18.6 Å². The zero-order valence-corrected chi connectivity index (χ0v) is 13.4. The van der Waals surface area contributed by atoms with Crippen LogP contribution < -0.4 is 4.74 Å². The summed E-state index contributed by atoms with van der Waals surface area (Å²) in [6, 6.07) is 8.70. The molecule has 4 nitrogen and oxygen atoms in total. The number of benzene rings is 1. The summed E-state index contributed by atoms with van der Waals surface area (Å²) >= 11 is 0. The summed E-state index contributed by atoms with van der Waals surface area (Å²) in [5.74, 6) is 1.29. The van der Waals surface area contributed by atoms with Gasteiger partial charge in [0.1, 0.15) is 5.75 Å². The van der Waals surface area contributed by atoms with Crippen LogP contribution in [0, 0.1) is 5.92 Å². The number of morpholine rings is 1. The first-order chi connectivity index (χ1) is 10.8. The number of hydrogen-bond acceptors (Lipinski definition) is 4. The van der Waals surface area contributed by atoms with Crippen LogP contribution in [-0.2, 0) is 11.2 Å². The maximum atomic E-state index is 10.2. The molecule has 0 aromatic heterocycles. The Bertz CT molecular complexity index is 462. The van der Waals surface area contributed by atoms with Crippen molar-refractivity contribution in [3.05, 3.63) is 29.8 Å². The lowest BCUT2D eigenvalue weighted by Crippen LogP contribution is -2.51. The predicted octanol–water partition coefficient (Wildman–Crippen LogP) is 2.10. The quantitative estimate of drug-likeness (QED) is 0.904. The Morgan fingerprint density at radius 3 is 2.77 bits per heavy atom. The van der Waals surface area contributed by atoms with E-state index in [1.54, 1.807) is 7.11 Å². The number of methoxy groups -OCH3 is 1. The fourth-order valence-electron chi connectivity index (χ4n) is 3.81. The summed E-state index contributed by atoms with van der Waals surface area (Å²) in [7, 11) is 1.69. The zero-order valence-electron chi connectivity index (χ0n) is 13.4. The molecule has 1 saturated carbocycles. The van der Waals surface area contributed by atoms with Crippen LogP contribution in [0.15, 0.2) is 24.3 Å². The van der Waals surface area contributed by atoms with Crippen LogP contribution in [0.25, 0.3) is 0 Å². The molecule has 1 N–H and O–H groups in total. The lowest BCUT2D eigenvalue weighted by molar-refractivity contribution is -0.0494. The molecule has 2 aliphatic rings. The zero-order chi connectivity index (χ0) is 15.4. The maximum absolute atomic E-state index is 10.2. The maximum Gasteiger partial charge on any atom is 0.118 e. The third kappa shape index (κ3) is 3.62. The van der Waals surface area contributed by atoms with Crippen molar-refractivity contribution < 1.29 is 14.6 Å². The van der Waals surface area contributed by atoms with Gasteiger partial charge in [0.15, 0.2) is 0 Å². The first-order valence-corrected chi connectivity index (χ1v) is 8.40. The number of nitrogens with zero attached hydrogens (tertiary/aromatic N) is 1. The SMILES string of the molecule is COc1ccc(CCN2CCOC[C@@H]2[C@H]2CCC[C@@H]2O)cc1. The first kappa shape index (κ1) is 15.8. The van der Waals surface area contributed by atoms with Crippen LogP contribution >= 0.6 is 0 Å². The van der Waals surface area contributed by atoms with Crippen molar-refractivity contribution in [3.8, 4) is 5.75 Å². The average molecular weight is 305 g/mol. The van der Waals surface area contributed by atoms with Gasteiger partial charge in [-0.3, -0.25) is 4.90 Å². The summed E-state index contributed by atoms with van der Waals surface area (Å²) < 4.78 is 10.9. The Balaban J connectivity index is 1.58. The van der Waals surface area contributed by atoms with Gasteiger partial charge in [-0.15, -0.1) is 0 Å². The highest BCUT2D eigenvalue weighted by molar-refractivity contribution is 5.27. The molecule has 0 amide bonds. The Hall–Kier alpha value is -1.10. The van der Waals surface area contributed by atoms with Crippen molar-refractivity contribution >= 4 is 0 Å². The van der Waals surface area contributed by atoms with Gasteiger partial charge in [0, 0.05) is 25.0 Å². The van der Waals surface area contributed by atoms with Crippen LogP contribution in [0.3, 0.4) is 0 Å². The van der Waals surface area contributed by atoms with E-state index in [4.69, 9.17) is 9.47 Å². The third-order valence-electron chi connectivity index (χ3n) is 5.15. The number of aliphatic hydroxyl groups is 1. The van der Waals surface area contributed by atoms with Gasteiger partial charge in [-0.2, -0.15) is 0 Å². The van der Waals surface area contributed by atoms with E-state index in [-0.39, 0.29) is 6.10 Å². The molecule has 0 radical (unpaired) electrons. The summed E-state index contributed by atoms with van der Waals surface area (Å²) in [5, 5.41) is 10.2. The Morgan fingerprint density at radius 1 is 1.27 bits per heavy atom. The second kappa shape index (κ2) is 7.44. The second-order valence-corrected chi connectivity index (χ2v) is 6.44. The minimum absolute atomic E-state index is 0.143. The minimum Gasteiger partial charge on any atom is -0.497 e. The molecule has 1 aliphatic heterocycles. The van der Waals surface area contributed by atoms with Crippen molar-refractivity contribution in [3.63, 3.8) is 0 Å². The van der Waals surface area contributed by atoms with E-state index < -0.39 is 0 Å². The number of aliphatic hydroxyl groups excluding tert-OH is 1. The smallest absolute Gasteiger partial charge is 0.118 e. The van der Waals surface area contributed by atoms with Crippen LogP contribution in [0.1, 0.15) is 24.8 Å². The highest BCUT2D eigenvalue weighted by Crippen LogP contribution is 2.32. The van der Waals surface area contributed by atoms with Crippen LogP contribution in [0.2, 0.25) is 0 Å². The molecule has 2 fully saturated rings. The highest BCUT2D eigenvalue weighted by Gasteiger charge is 2.37. The topological polar surface area (TPSA) is 41.9 Å². The normalized spacial score (nSPS) is 29.6. The molecule has 4 heteroatoms. The molecule has 1 aromatic carbocycles. The third-order valence-corrected chi connectivity index (χ3v) is 5.15. The van der Waals surface area contributed by atoms with Gasteiger partial charge >= 0.3 is 0 Å². The molecule has 1 saturated heterocycles. The molecule has 0 unspecified atom stereocenters. The predicted molar refractivity (Wildman–Crippen MR) is 86.2 cm³/mol. The first-order valence-electron chi connectivity index (χ1n) is 8.40. The van der Waals surface area contributed by atoms with E-state index in [9.17, 15) is 5.11 Å². The monoisotopic (exact) mass is 305 g/mol. The van der Waals surface area contributed by atoms with E-state index >= 15 is 0 Å². The molecule has 3 rings (SSSR count). The van der Waals surface area contributed by atoms with Gasteiger partial charge in [0.05, 0.1) is 26.4 Å². The molecule has 22 heavy (non-hydrogen) atoms. The Kier molecular flexibility index (Phi) is 5.34. The average Bonchev–Trinajstić information content (AvgIpc) is 2.99. The lowest BCUT2D eigenvalue weighted by Gasteiger charge is -2.40. The van der Waals surface area contributed by atoms with Gasteiger partial charge in [0.25, 0.3) is 0 Å². The summed E-state index contributed by atoms with van der Waals surface area (Å²) in [6.07, 6.45) is 4.12. The van der Waals surface area contributed by atoms with Crippen LogP contribution in [0.5, 0.6) is 5.75 Å². The molecular formula is C18H27NO3. The molecule has 0 spiro atoms. The summed E-state index contributed by atoms with van der Waals surface area (Å²) in [4.78, 5) is 2.52. The van der Waals surface area contributed by atoms with E-state index in [2.05, 4.69) is 17.0 Å². The van der Waals surface area contributed by atoms with E-state index in [1.165, 1.54) is 5.56 Å². The van der Waals surface area contributed by atoms with E-state index in [0.29, 0.717) is 12.0 Å². The van der Waals surface area contributed by atoms with Gasteiger partial charge in [-0.05, 0) is 37.0 Å². The van der Waals surface area contributed by atoms with E-state index in [0.717, 1.165) is 57.7 Å². The molecule has 122 valence electrons. The summed E-state index contributed by atoms with van der Waals surface area (Å²) in [5.41, 5.74) is 1.33. The number of ether oxygens (including phenoxy) is 2. The van der Waals surface area contributed by atoms with Gasteiger partial charge in [-0.25, -0.2) is 0 Å². The van der Waals surface area contributed by atoms with E-state index in [1.807, 2.05) is 12.1 Å². The number of hydrogen-bond donors (Lipinski definition) is 1. The molecule has 1 heterocycles. The van der Waals surface area contributed by atoms with Crippen molar-refractivity contribution in [1.29, 1.82) is 0 Å². The fraction of sp³-hybridized carbons (Fsp3) is 0.667. The Labute approximate surface area is 133 Å². The van der Waals surface area contributed by atoms with Crippen LogP contribution in [0.4, 0.5) is 0 Å². The van der Waals surface area contributed by atoms with Crippen LogP contribution in [-0.4, -0.2) is 55.6 Å². The Morgan fingerprint density at radius 2 is 2.09 bits per heavy atom.